The molecule has 0 aliphatic carbocycles. The molecule has 1 aliphatic heterocycles. The van der Waals surface area contributed by atoms with Crippen molar-refractivity contribution in [2.75, 3.05) is 5.06 Å². The van der Waals surface area contributed by atoms with Gasteiger partial charge in [-0.2, -0.15) is 0 Å². The Morgan fingerprint density at radius 2 is 2.00 bits per heavy atom. The van der Waals surface area contributed by atoms with Crippen LogP contribution in [0.5, 0.6) is 0 Å². The minimum absolute atomic E-state index is 0.392. The van der Waals surface area contributed by atoms with Gasteiger partial charge in [-0.05, 0) is 38.8 Å². The molecule has 19 heavy (non-hydrogen) atoms. The monoisotopic (exact) mass is 262 g/mol. The smallest absolute Gasteiger partial charge is 0.333 e. The highest BCUT2D eigenvalue weighted by atomic mass is 16.7. The first kappa shape index (κ1) is 13.5. The van der Waals surface area contributed by atoms with Crippen LogP contribution in [-0.2, 0) is 20.8 Å². The minimum atomic E-state index is -0.684. The van der Waals surface area contributed by atoms with Crippen molar-refractivity contribution in [3.8, 4) is 0 Å². The van der Waals surface area contributed by atoms with Crippen LogP contribution in [0.25, 0.3) is 0 Å². The summed E-state index contributed by atoms with van der Waals surface area (Å²) in [7, 11) is 0. The molecule has 0 saturated heterocycles. The third-order valence-electron chi connectivity index (χ3n) is 2.95. The van der Waals surface area contributed by atoms with Crippen molar-refractivity contribution in [3.05, 3.63) is 29.8 Å². The number of carbonyl (C=O) groups excluding carboxylic acids is 2. The van der Waals surface area contributed by atoms with E-state index in [1.54, 1.807) is 32.9 Å². The fraction of sp³-hybridized carbons (Fsp3) is 0.429. The maximum atomic E-state index is 12.1. The van der Waals surface area contributed by atoms with Gasteiger partial charge in [0.05, 0.1) is 17.1 Å². The lowest BCUT2D eigenvalue weighted by molar-refractivity contribution is -0.159. The van der Waals surface area contributed by atoms with Gasteiger partial charge in [0.25, 0.3) is 5.91 Å². The number of anilines is 1. The zero-order valence-corrected chi connectivity index (χ0v) is 11.3. The lowest BCUT2D eigenvalue weighted by atomic mass is 9.97. The van der Waals surface area contributed by atoms with Crippen LogP contribution in [0.1, 0.15) is 26.3 Å². The highest BCUT2D eigenvalue weighted by molar-refractivity contribution is 6.00. The number of nitrogens with zero attached hydrogens (tertiary/aromatic N) is 1. The molecular formula is C14H18N2O3. The molecule has 1 aromatic rings. The number of hydrogen-bond donors (Lipinski definition) is 1. The second-order valence-electron chi connectivity index (χ2n) is 5.70. The molecule has 0 saturated carbocycles. The van der Waals surface area contributed by atoms with E-state index in [1.807, 2.05) is 12.1 Å². The van der Waals surface area contributed by atoms with Crippen LogP contribution in [0.15, 0.2) is 24.3 Å². The molecule has 0 spiro atoms. The number of amides is 1. The Bertz CT molecular complexity index is 520. The standard InChI is InChI=1S/C14H18N2O3/c1-14(2,3)13(18)19-16-11-7-5-4-6-9(11)8-10(15)12(16)17/h4-7,10H,8,15H2,1-3H3/t10-/m0/s1. The average Bonchev–Trinajstić information content (AvgIpc) is 2.33. The normalized spacial score (nSPS) is 19.1. The summed E-state index contributed by atoms with van der Waals surface area (Å²) >= 11 is 0. The molecule has 0 bridgehead atoms. The molecule has 1 aliphatic rings. The molecule has 0 aromatic heterocycles. The maximum Gasteiger partial charge on any atom is 0.338 e. The van der Waals surface area contributed by atoms with Crippen LogP contribution in [0.3, 0.4) is 0 Å². The lowest BCUT2D eigenvalue weighted by Gasteiger charge is -2.32. The molecule has 1 atom stereocenters. The second kappa shape index (κ2) is 4.66. The molecule has 1 aromatic carbocycles. The van der Waals surface area contributed by atoms with Gasteiger partial charge in [0.1, 0.15) is 0 Å². The van der Waals surface area contributed by atoms with Gasteiger partial charge < -0.3 is 10.6 Å². The van der Waals surface area contributed by atoms with Gasteiger partial charge in [-0.3, -0.25) is 4.79 Å². The third kappa shape index (κ3) is 2.61. The van der Waals surface area contributed by atoms with E-state index in [9.17, 15) is 9.59 Å². The Morgan fingerprint density at radius 3 is 2.63 bits per heavy atom. The van der Waals surface area contributed by atoms with E-state index in [1.165, 1.54) is 0 Å². The Morgan fingerprint density at radius 1 is 1.37 bits per heavy atom. The number of para-hydroxylation sites is 1. The molecule has 2 N–H and O–H groups in total. The number of fused-ring (bicyclic) bond motifs is 1. The van der Waals surface area contributed by atoms with Crippen molar-refractivity contribution in [1.29, 1.82) is 0 Å². The Balaban J connectivity index is 2.33. The summed E-state index contributed by atoms with van der Waals surface area (Å²) in [5.74, 6) is -0.860. The summed E-state index contributed by atoms with van der Waals surface area (Å²) in [5, 5.41) is 1.02. The van der Waals surface area contributed by atoms with Crippen molar-refractivity contribution >= 4 is 17.6 Å². The van der Waals surface area contributed by atoms with Crippen molar-refractivity contribution in [2.45, 2.75) is 33.2 Å². The van der Waals surface area contributed by atoms with E-state index >= 15 is 0 Å². The summed E-state index contributed by atoms with van der Waals surface area (Å²) in [5.41, 5.74) is 6.59. The SMILES string of the molecule is CC(C)(C)C(=O)ON1C(=O)[C@@H](N)Cc2ccccc21. The zero-order chi connectivity index (χ0) is 14.2. The first-order chi connectivity index (χ1) is 8.80. The highest BCUT2D eigenvalue weighted by Gasteiger charge is 2.35. The number of nitrogens with two attached hydrogens (primary N) is 1. The fourth-order valence-electron chi connectivity index (χ4n) is 1.79. The van der Waals surface area contributed by atoms with Crippen molar-refractivity contribution in [2.24, 2.45) is 11.1 Å². The van der Waals surface area contributed by atoms with Gasteiger partial charge >= 0.3 is 5.97 Å². The van der Waals surface area contributed by atoms with Gasteiger partial charge in [-0.1, -0.05) is 18.2 Å². The predicted octanol–water partition coefficient (Wildman–Crippen LogP) is 1.41. The van der Waals surface area contributed by atoms with Gasteiger partial charge in [-0.15, -0.1) is 5.06 Å². The van der Waals surface area contributed by atoms with Gasteiger partial charge in [-0.25, -0.2) is 4.79 Å². The van der Waals surface area contributed by atoms with E-state index in [-0.39, 0.29) is 0 Å². The van der Waals surface area contributed by atoms with Crippen molar-refractivity contribution in [1.82, 2.24) is 0 Å². The van der Waals surface area contributed by atoms with Crippen molar-refractivity contribution < 1.29 is 14.4 Å². The summed E-state index contributed by atoms with van der Waals surface area (Å²) in [6.07, 6.45) is 0.457. The number of benzene rings is 1. The van der Waals surface area contributed by atoms with Gasteiger partial charge in [0, 0.05) is 0 Å². The fourth-order valence-corrected chi connectivity index (χ4v) is 1.79. The summed E-state index contributed by atoms with van der Waals surface area (Å²) < 4.78 is 0. The predicted molar refractivity (Wildman–Crippen MR) is 71.2 cm³/mol. The largest absolute Gasteiger partial charge is 0.338 e. The van der Waals surface area contributed by atoms with E-state index in [0.29, 0.717) is 12.1 Å². The summed E-state index contributed by atoms with van der Waals surface area (Å²) in [4.78, 5) is 29.2. The molecule has 0 fully saturated rings. The molecule has 0 unspecified atom stereocenters. The van der Waals surface area contributed by atoms with Crippen LogP contribution in [-0.4, -0.2) is 17.9 Å². The Kier molecular flexibility index (Phi) is 3.32. The Labute approximate surface area is 112 Å². The molecule has 102 valence electrons. The topological polar surface area (TPSA) is 72.6 Å². The minimum Gasteiger partial charge on any atom is -0.333 e. The van der Waals surface area contributed by atoms with Gasteiger partial charge in [0.2, 0.25) is 0 Å². The maximum absolute atomic E-state index is 12.1. The van der Waals surface area contributed by atoms with Crippen LogP contribution in [0.4, 0.5) is 5.69 Å². The molecule has 0 radical (unpaired) electrons. The van der Waals surface area contributed by atoms with Crippen LogP contribution < -0.4 is 10.8 Å². The first-order valence-corrected chi connectivity index (χ1v) is 6.20. The molecule has 5 heteroatoms. The number of carbonyl (C=O) groups is 2. The molecule has 5 nitrogen and oxygen atoms in total. The summed E-state index contributed by atoms with van der Waals surface area (Å²) in [6, 6.07) is 6.60. The zero-order valence-electron chi connectivity index (χ0n) is 11.3. The number of hydroxylamine groups is 1. The summed E-state index contributed by atoms with van der Waals surface area (Å²) in [6.45, 7) is 5.20. The average molecular weight is 262 g/mol. The van der Waals surface area contributed by atoms with E-state index in [2.05, 4.69) is 0 Å². The molecule has 1 amide bonds. The Hall–Kier alpha value is -1.88. The first-order valence-electron chi connectivity index (χ1n) is 6.20. The van der Waals surface area contributed by atoms with Crippen molar-refractivity contribution in [3.63, 3.8) is 0 Å². The van der Waals surface area contributed by atoms with Gasteiger partial charge in [0.15, 0.2) is 0 Å². The van der Waals surface area contributed by atoms with Crippen LogP contribution in [0.2, 0.25) is 0 Å². The number of rotatable bonds is 1. The van der Waals surface area contributed by atoms with Crippen LogP contribution >= 0.6 is 0 Å². The molecular weight excluding hydrogens is 244 g/mol. The molecule has 1 heterocycles. The van der Waals surface area contributed by atoms with E-state index in [4.69, 9.17) is 10.6 Å². The van der Waals surface area contributed by atoms with Crippen LogP contribution in [0, 0.1) is 5.41 Å². The highest BCUT2D eigenvalue weighted by Crippen LogP contribution is 2.29. The third-order valence-corrected chi connectivity index (χ3v) is 2.95. The molecule has 2 rings (SSSR count). The number of hydrogen-bond acceptors (Lipinski definition) is 4. The second-order valence-corrected chi connectivity index (χ2v) is 5.70. The van der Waals surface area contributed by atoms with E-state index < -0.39 is 23.3 Å². The quantitative estimate of drug-likeness (QED) is 0.830. The van der Waals surface area contributed by atoms with E-state index in [0.717, 1.165) is 10.6 Å². The lowest BCUT2D eigenvalue weighted by Crippen LogP contribution is -2.50.